The monoisotopic (exact) mass is 262 g/mol. The predicted octanol–water partition coefficient (Wildman–Crippen LogP) is 0.612. The molecule has 2 fully saturated rings. The normalized spacial score (nSPS) is 26.2. The topological polar surface area (TPSA) is 69.6 Å². The molecule has 1 saturated carbocycles. The van der Waals surface area contributed by atoms with E-state index in [2.05, 4.69) is 4.72 Å². The van der Waals surface area contributed by atoms with Crippen LogP contribution in [0.4, 0.5) is 0 Å². The first-order valence-electron chi connectivity index (χ1n) is 6.49. The Kier molecular flexibility index (Phi) is 4.07. The van der Waals surface area contributed by atoms with Gasteiger partial charge in [0.05, 0.1) is 5.60 Å². The maximum absolute atomic E-state index is 12.0. The number of rotatable bonds is 4. The zero-order valence-electron chi connectivity index (χ0n) is 10.2. The maximum Gasteiger partial charge on any atom is 0.279 e. The van der Waals surface area contributed by atoms with Gasteiger partial charge in [0.25, 0.3) is 10.2 Å². The zero-order valence-corrected chi connectivity index (χ0v) is 11.0. The Labute approximate surface area is 103 Å². The van der Waals surface area contributed by atoms with E-state index >= 15 is 0 Å². The van der Waals surface area contributed by atoms with Gasteiger partial charge in [-0.15, -0.1) is 0 Å². The first-order chi connectivity index (χ1) is 8.02. The molecular weight excluding hydrogens is 240 g/mol. The largest absolute Gasteiger partial charge is 0.389 e. The van der Waals surface area contributed by atoms with Crippen molar-refractivity contribution in [2.24, 2.45) is 0 Å². The van der Waals surface area contributed by atoms with Crippen molar-refractivity contribution in [2.45, 2.75) is 50.5 Å². The van der Waals surface area contributed by atoms with E-state index < -0.39 is 15.8 Å². The lowest BCUT2D eigenvalue weighted by Gasteiger charge is -2.37. The van der Waals surface area contributed by atoms with Crippen LogP contribution in [0.15, 0.2) is 0 Å². The van der Waals surface area contributed by atoms with Gasteiger partial charge in [-0.05, 0) is 32.1 Å². The van der Waals surface area contributed by atoms with E-state index in [4.69, 9.17) is 0 Å². The highest BCUT2D eigenvalue weighted by Gasteiger charge is 2.36. The molecule has 100 valence electrons. The minimum Gasteiger partial charge on any atom is -0.389 e. The molecule has 1 aliphatic carbocycles. The van der Waals surface area contributed by atoms with Crippen LogP contribution in [-0.4, -0.2) is 43.1 Å². The number of nitrogens with one attached hydrogen (secondary N) is 1. The van der Waals surface area contributed by atoms with E-state index in [1.165, 1.54) is 4.31 Å². The Morgan fingerprint density at radius 2 is 1.65 bits per heavy atom. The van der Waals surface area contributed by atoms with Gasteiger partial charge in [-0.25, -0.2) is 0 Å². The van der Waals surface area contributed by atoms with E-state index in [-0.39, 0.29) is 6.54 Å². The molecule has 1 aliphatic heterocycles. The summed E-state index contributed by atoms with van der Waals surface area (Å²) in [5.41, 5.74) is -0.793. The standard InChI is InChI=1S/C11H22N2O3S/c14-11(6-5-7-11)10-12-17(15,16)13-8-3-1-2-4-9-13/h12,14H,1-10H2. The highest BCUT2D eigenvalue weighted by molar-refractivity contribution is 7.87. The van der Waals surface area contributed by atoms with Crippen molar-refractivity contribution < 1.29 is 13.5 Å². The second-order valence-electron chi connectivity index (χ2n) is 5.22. The van der Waals surface area contributed by atoms with Crippen LogP contribution in [0.5, 0.6) is 0 Å². The molecule has 0 radical (unpaired) electrons. The minimum atomic E-state index is -3.39. The van der Waals surface area contributed by atoms with Crippen LogP contribution >= 0.6 is 0 Å². The van der Waals surface area contributed by atoms with Gasteiger partial charge in [-0.3, -0.25) is 0 Å². The fourth-order valence-electron chi connectivity index (χ4n) is 2.36. The third-order valence-electron chi connectivity index (χ3n) is 3.77. The van der Waals surface area contributed by atoms with Crippen LogP contribution in [0.25, 0.3) is 0 Å². The van der Waals surface area contributed by atoms with Crippen LogP contribution in [0.3, 0.4) is 0 Å². The Morgan fingerprint density at radius 1 is 1.06 bits per heavy atom. The lowest BCUT2D eigenvalue weighted by atomic mass is 9.81. The summed E-state index contributed by atoms with van der Waals surface area (Å²) in [6.45, 7) is 1.37. The SMILES string of the molecule is O=S(=O)(NCC1(O)CCC1)N1CCCCCC1. The molecule has 0 amide bonds. The number of aliphatic hydroxyl groups is 1. The van der Waals surface area contributed by atoms with Crippen LogP contribution in [-0.2, 0) is 10.2 Å². The molecule has 5 nitrogen and oxygen atoms in total. The minimum absolute atomic E-state index is 0.159. The third-order valence-corrected chi connectivity index (χ3v) is 5.33. The van der Waals surface area contributed by atoms with Crippen LogP contribution in [0.2, 0.25) is 0 Å². The number of hydrogen-bond acceptors (Lipinski definition) is 3. The molecule has 0 aromatic heterocycles. The van der Waals surface area contributed by atoms with Crippen molar-refractivity contribution in [2.75, 3.05) is 19.6 Å². The molecule has 0 unspecified atom stereocenters. The molecule has 2 aliphatic rings. The third kappa shape index (κ3) is 3.40. The molecule has 0 aromatic carbocycles. The van der Waals surface area contributed by atoms with E-state index in [1.807, 2.05) is 0 Å². The molecule has 0 bridgehead atoms. The zero-order chi connectivity index (χ0) is 12.4. The van der Waals surface area contributed by atoms with Crippen LogP contribution < -0.4 is 4.72 Å². The summed E-state index contributed by atoms with van der Waals surface area (Å²) in [5, 5.41) is 9.88. The molecular formula is C11H22N2O3S. The van der Waals surface area contributed by atoms with Gasteiger partial charge < -0.3 is 5.11 Å². The van der Waals surface area contributed by atoms with Crippen LogP contribution in [0, 0.1) is 0 Å². The van der Waals surface area contributed by atoms with Gasteiger partial charge in [0, 0.05) is 19.6 Å². The Bertz CT molecular complexity index is 344. The number of hydrogen-bond donors (Lipinski definition) is 2. The summed E-state index contributed by atoms with van der Waals surface area (Å²) in [6, 6.07) is 0. The molecule has 0 spiro atoms. The van der Waals surface area contributed by atoms with Gasteiger partial charge in [0.1, 0.15) is 0 Å². The maximum atomic E-state index is 12.0. The van der Waals surface area contributed by atoms with Crippen molar-refractivity contribution >= 4 is 10.2 Å². The summed E-state index contributed by atoms with van der Waals surface area (Å²) in [6.07, 6.45) is 6.48. The highest BCUT2D eigenvalue weighted by atomic mass is 32.2. The van der Waals surface area contributed by atoms with Crippen molar-refractivity contribution in [3.8, 4) is 0 Å². The second kappa shape index (κ2) is 5.22. The van der Waals surface area contributed by atoms with E-state index in [9.17, 15) is 13.5 Å². The summed E-state index contributed by atoms with van der Waals surface area (Å²) >= 11 is 0. The summed E-state index contributed by atoms with van der Waals surface area (Å²) < 4.78 is 28.1. The second-order valence-corrected chi connectivity index (χ2v) is 6.97. The Hall–Kier alpha value is -0.170. The smallest absolute Gasteiger partial charge is 0.279 e. The average molecular weight is 262 g/mol. The summed E-state index contributed by atoms with van der Waals surface area (Å²) in [7, 11) is -3.39. The van der Waals surface area contributed by atoms with Crippen molar-refractivity contribution in [1.29, 1.82) is 0 Å². The van der Waals surface area contributed by atoms with Crippen LogP contribution in [0.1, 0.15) is 44.9 Å². The summed E-state index contributed by atoms with van der Waals surface area (Å²) in [5.74, 6) is 0. The lowest BCUT2D eigenvalue weighted by Crippen LogP contribution is -2.51. The van der Waals surface area contributed by atoms with Crippen molar-refractivity contribution in [3.05, 3.63) is 0 Å². The fourth-order valence-corrected chi connectivity index (χ4v) is 3.73. The Morgan fingerprint density at radius 3 is 2.12 bits per heavy atom. The fraction of sp³-hybridized carbons (Fsp3) is 1.00. The molecule has 0 atom stereocenters. The molecule has 2 N–H and O–H groups in total. The highest BCUT2D eigenvalue weighted by Crippen LogP contribution is 2.30. The predicted molar refractivity (Wildman–Crippen MR) is 65.8 cm³/mol. The van der Waals surface area contributed by atoms with Gasteiger partial charge in [-0.1, -0.05) is 12.8 Å². The van der Waals surface area contributed by atoms with Gasteiger partial charge in [0.2, 0.25) is 0 Å². The van der Waals surface area contributed by atoms with E-state index in [1.54, 1.807) is 0 Å². The lowest BCUT2D eigenvalue weighted by molar-refractivity contribution is -0.0273. The molecule has 2 rings (SSSR count). The first-order valence-corrected chi connectivity index (χ1v) is 7.93. The number of nitrogens with zero attached hydrogens (tertiary/aromatic N) is 1. The van der Waals surface area contributed by atoms with Crippen molar-refractivity contribution in [1.82, 2.24) is 9.03 Å². The summed E-state index contributed by atoms with van der Waals surface area (Å²) in [4.78, 5) is 0. The molecule has 6 heteroatoms. The first kappa shape index (κ1) is 13.3. The quantitative estimate of drug-likeness (QED) is 0.780. The van der Waals surface area contributed by atoms with Crippen molar-refractivity contribution in [3.63, 3.8) is 0 Å². The molecule has 0 aromatic rings. The van der Waals surface area contributed by atoms with E-state index in [0.717, 1.165) is 32.1 Å². The molecule has 1 heterocycles. The molecule has 17 heavy (non-hydrogen) atoms. The van der Waals surface area contributed by atoms with E-state index in [0.29, 0.717) is 25.9 Å². The van der Waals surface area contributed by atoms with Gasteiger partial charge in [-0.2, -0.15) is 17.4 Å². The Balaban J connectivity index is 1.88. The van der Waals surface area contributed by atoms with Gasteiger partial charge >= 0.3 is 0 Å². The molecule has 1 saturated heterocycles. The average Bonchev–Trinajstić information content (AvgIpc) is 2.52. The van der Waals surface area contributed by atoms with Gasteiger partial charge in [0.15, 0.2) is 0 Å².